The van der Waals surface area contributed by atoms with Crippen molar-refractivity contribution in [2.75, 3.05) is 20.2 Å². The van der Waals surface area contributed by atoms with E-state index in [1.54, 1.807) is 0 Å². The molecule has 1 fully saturated rings. The van der Waals surface area contributed by atoms with Gasteiger partial charge in [-0.25, -0.2) is 4.79 Å². The van der Waals surface area contributed by atoms with Crippen LogP contribution in [0.5, 0.6) is 5.75 Å². The van der Waals surface area contributed by atoms with Gasteiger partial charge in [-0.1, -0.05) is 12.1 Å². The van der Waals surface area contributed by atoms with Crippen LogP contribution in [-0.4, -0.2) is 37.3 Å². The van der Waals surface area contributed by atoms with Crippen molar-refractivity contribution in [2.24, 2.45) is 5.92 Å². The number of methoxy groups -OCH3 is 1. The van der Waals surface area contributed by atoms with E-state index in [2.05, 4.69) is 11.4 Å². The number of carbonyl (C=O) groups is 1. The van der Waals surface area contributed by atoms with Crippen molar-refractivity contribution in [2.45, 2.75) is 25.1 Å². The molecule has 0 spiro atoms. The van der Waals surface area contributed by atoms with Gasteiger partial charge in [0.15, 0.2) is 6.04 Å². The van der Waals surface area contributed by atoms with Crippen molar-refractivity contribution in [1.82, 2.24) is 10.2 Å². The zero-order valence-corrected chi connectivity index (χ0v) is 13.1. The number of halogens is 3. The minimum absolute atomic E-state index is 0.0661. The fraction of sp³-hybridized carbons (Fsp3) is 0.500. The van der Waals surface area contributed by atoms with Crippen LogP contribution in [0.15, 0.2) is 24.3 Å². The summed E-state index contributed by atoms with van der Waals surface area (Å²) < 4.78 is 44.9. The van der Waals surface area contributed by atoms with Crippen LogP contribution in [0.25, 0.3) is 0 Å². The second kappa shape index (κ2) is 7.43. The Labute approximate surface area is 138 Å². The predicted octanol–water partition coefficient (Wildman–Crippen LogP) is 3.24. The van der Waals surface area contributed by atoms with E-state index in [1.807, 2.05) is 0 Å². The van der Waals surface area contributed by atoms with Gasteiger partial charge in [-0.3, -0.25) is 0 Å². The first-order chi connectivity index (χ1) is 11.3. The SMILES string of the molecule is COc1ccc([C@@H](NC(=O)N2CCC(C#N)CC2)C(F)(F)F)cc1. The molecular formula is C16H18F3N3O2. The quantitative estimate of drug-likeness (QED) is 0.918. The maximum absolute atomic E-state index is 13.3. The molecule has 0 saturated carbocycles. The van der Waals surface area contributed by atoms with Crippen molar-refractivity contribution in [3.8, 4) is 11.8 Å². The average Bonchev–Trinajstić information content (AvgIpc) is 2.58. The Hall–Kier alpha value is -2.43. The molecule has 2 rings (SSSR count). The normalized spacial score (nSPS) is 17.0. The average molecular weight is 341 g/mol. The largest absolute Gasteiger partial charge is 0.497 e. The third-order valence-electron chi connectivity index (χ3n) is 4.01. The maximum Gasteiger partial charge on any atom is 0.412 e. The molecule has 0 aromatic heterocycles. The van der Waals surface area contributed by atoms with Crippen LogP contribution in [0.2, 0.25) is 0 Å². The van der Waals surface area contributed by atoms with Gasteiger partial charge >= 0.3 is 12.2 Å². The fourth-order valence-corrected chi connectivity index (χ4v) is 2.58. The van der Waals surface area contributed by atoms with E-state index in [4.69, 9.17) is 10.00 Å². The molecule has 1 aliphatic heterocycles. The van der Waals surface area contributed by atoms with Gasteiger partial charge in [-0.2, -0.15) is 18.4 Å². The van der Waals surface area contributed by atoms with E-state index < -0.39 is 18.2 Å². The lowest BCUT2D eigenvalue weighted by Gasteiger charge is -2.31. The van der Waals surface area contributed by atoms with Crippen LogP contribution in [0.4, 0.5) is 18.0 Å². The van der Waals surface area contributed by atoms with Gasteiger partial charge < -0.3 is 15.0 Å². The first kappa shape index (κ1) is 17.9. The third-order valence-corrected chi connectivity index (χ3v) is 4.01. The highest BCUT2D eigenvalue weighted by atomic mass is 19.4. The third kappa shape index (κ3) is 4.31. The fourth-order valence-electron chi connectivity index (χ4n) is 2.58. The van der Waals surface area contributed by atoms with Crippen molar-refractivity contribution in [1.29, 1.82) is 5.26 Å². The molecule has 1 N–H and O–H groups in total. The molecule has 5 nitrogen and oxygen atoms in total. The lowest BCUT2D eigenvalue weighted by molar-refractivity contribution is -0.155. The van der Waals surface area contributed by atoms with Crippen LogP contribution in [-0.2, 0) is 0 Å². The molecule has 1 heterocycles. The lowest BCUT2D eigenvalue weighted by Crippen LogP contribution is -2.48. The molecular weight excluding hydrogens is 323 g/mol. The smallest absolute Gasteiger partial charge is 0.412 e. The Morgan fingerprint density at radius 3 is 2.38 bits per heavy atom. The Morgan fingerprint density at radius 1 is 1.33 bits per heavy atom. The summed E-state index contributed by atoms with van der Waals surface area (Å²) >= 11 is 0. The first-order valence-electron chi connectivity index (χ1n) is 7.51. The molecule has 0 bridgehead atoms. The van der Waals surface area contributed by atoms with Gasteiger partial charge in [0.25, 0.3) is 0 Å². The number of hydrogen-bond acceptors (Lipinski definition) is 3. The summed E-state index contributed by atoms with van der Waals surface area (Å²) in [5.74, 6) is 0.290. The molecule has 0 unspecified atom stereocenters. The van der Waals surface area contributed by atoms with E-state index in [0.29, 0.717) is 18.6 Å². The summed E-state index contributed by atoms with van der Waals surface area (Å²) in [5, 5.41) is 10.9. The Morgan fingerprint density at radius 2 is 1.92 bits per heavy atom. The van der Waals surface area contributed by atoms with E-state index in [0.717, 1.165) is 0 Å². The summed E-state index contributed by atoms with van der Waals surface area (Å²) in [6.45, 7) is 0.550. The molecule has 2 amide bonds. The highest BCUT2D eigenvalue weighted by Gasteiger charge is 2.42. The van der Waals surface area contributed by atoms with Crippen LogP contribution in [0, 0.1) is 17.2 Å². The topological polar surface area (TPSA) is 65.4 Å². The molecule has 130 valence electrons. The number of benzene rings is 1. The molecule has 8 heteroatoms. The van der Waals surface area contributed by atoms with E-state index in [9.17, 15) is 18.0 Å². The molecule has 1 aliphatic rings. The monoisotopic (exact) mass is 341 g/mol. The molecule has 0 aliphatic carbocycles. The summed E-state index contributed by atoms with van der Waals surface area (Å²) in [4.78, 5) is 13.5. The predicted molar refractivity (Wildman–Crippen MR) is 80.2 cm³/mol. The number of piperidine rings is 1. The van der Waals surface area contributed by atoms with Gasteiger partial charge in [0.2, 0.25) is 0 Å². The molecule has 24 heavy (non-hydrogen) atoms. The first-order valence-corrected chi connectivity index (χ1v) is 7.51. The number of hydrogen-bond donors (Lipinski definition) is 1. The standard InChI is InChI=1S/C16H18F3N3O2/c1-24-13-4-2-12(3-5-13)14(16(17,18)19)21-15(23)22-8-6-11(10-20)7-9-22/h2-5,11,14H,6-9H2,1H3,(H,21,23)/t14-/m1/s1. The second-order valence-corrected chi connectivity index (χ2v) is 5.59. The maximum atomic E-state index is 13.3. The van der Waals surface area contributed by atoms with Crippen molar-refractivity contribution in [3.05, 3.63) is 29.8 Å². The van der Waals surface area contributed by atoms with Crippen LogP contribution < -0.4 is 10.1 Å². The molecule has 1 aromatic rings. The van der Waals surface area contributed by atoms with Gasteiger partial charge in [0.05, 0.1) is 13.2 Å². The van der Waals surface area contributed by atoms with Crippen LogP contribution >= 0.6 is 0 Å². The van der Waals surface area contributed by atoms with Gasteiger partial charge in [-0.15, -0.1) is 0 Å². The lowest BCUT2D eigenvalue weighted by atomic mass is 9.99. The molecule has 1 aromatic carbocycles. The summed E-state index contributed by atoms with van der Waals surface area (Å²) in [6, 6.07) is 4.63. The molecule has 1 atom stereocenters. The van der Waals surface area contributed by atoms with Gasteiger partial charge in [0.1, 0.15) is 5.75 Å². The number of nitriles is 1. The van der Waals surface area contributed by atoms with Crippen molar-refractivity contribution in [3.63, 3.8) is 0 Å². The zero-order chi connectivity index (χ0) is 17.7. The highest BCUT2D eigenvalue weighted by Crippen LogP contribution is 2.33. The molecule has 0 radical (unpaired) electrons. The summed E-state index contributed by atoms with van der Waals surface area (Å²) in [6.07, 6.45) is -3.67. The summed E-state index contributed by atoms with van der Waals surface area (Å²) in [5.41, 5.74) is -0.0661. The molecule has 1 saturated heterocycles. The summed E-state index contributed by atoms with van der Waals surface area (Å²) in [7, 11) is 1.42. The van der Waals surface area contributed by atoms with Gasteiger partial charge in [0, 0.05) is 19.0 Å². The van der Waals surface area contributed by atoms with Crippen molar-refractivity contribution < 1.29 is 22.7 Å². The Kier molecular flexibility index (Phi) is 5.54. The van der Waals surface area contributed by atoms with E-state index in [-0.39, 0.29) is 24.6 Å². The minimum atomic E-state index is -4.62. The zero-order valence-electron chi connectivity index (χ0n) is 13.1. The Bertz CT molecular complexity index is 602. The Balaban J connectivity index is 2.09. The van der Waals surface area contributed by atoms with Crippen LogP contribution in [0.3, 0.4) is 0 Å². The van der Waals surface area contributed by atoms with E-state index in [1.165, 1.54) is 36.3 Å². The van der Waals surface area contributed by atoms with E-state index >= 15 is 0 Å². The number of amides is 2. The second-order valence-electron chi connectivity index (χ2n) is 5.59. The van der Waals surface area contributed by atoms with Crippen LogP contribution in [0.1, 0.15) is 24.4 Å². The van der Waals surface area contributed by atoms with Gasteiger partial charge in [-0.05, 0) is 30.5 Å². The van der Waals surface area contributed by atoms with Crippen molar-refractivity contribution >= 4 is 6.03 Å². The number of carbonyl (C=O) groups excluding carboxylic acids is 1. The highest BCUT2D eigenvalue weighted by molar-refractivity contribution is 5.75. The number of nitrogens with zero attached hydrogens (tertiary/aromatic N) is 2. The number of urea groups is 1. The number of rotatable bonds is 3. The number of ether oxygens (including phenoxy) is 1. The number of alkyl halides is 3. The number of likely N-dealkylation sites (tertiary alicyclic amines) is 1. The minimum Gasteiger partial charge on any atom is -0.497 e. The number of nitrogens with one attached hydrogen (secondary N) is 1.